The number of halogens is 1. The summed E-state index contributed by atoms with van der Waals surface area (Å²) in [6.45, 7) is 3.87. The Kier molecular flexibility index (Phi) is 7.16. The van der Waals surface area contributed by atoms with Gasteiger partial charge in [0.2, 0.25) is 0 Å². The van der Waals surface area contributed by atoms with Gasteiger partial charge in [0.05, 0.1) is 12.4 Å². The zero-order valence-electron chi connectivity index (χ0n) is 11.0. The van der Waals surface area contributed by atoms with Crippen LogP contribution in [0.25, 0.3) is 0 Å². The van der Waals surface area contributed by atoms with Crippen LogP contribution in [0.2, 0.25) is 0 Å². The fraction of sp³-hybridized carbons (Fsp3) is 0.429. The number of thioether (sulfide) groups is 1. The molecule has 0 aliphatic rings. The van der Waals surface area contributed by atoms with E-state index < -0.39 is 11.9 Å². The highest BCUT2D eigenvalue weighted by molar-refractivity contribution is 9.10. The highest BCUT2D eigenvalue weighted by Gasteiger charge is 2.25. The van der Waals surface area contributed by atoms with Gasteiger partial charge in [0.25, 0.3) is 0 Å². The smallest absolute Gasteiger partial charge is 0.316 e. The minimum absolute atomic E-state index is 0.0818. The van der Waals surface area contributed by atoms with E-state index in [9.17, 15) is 9.59 Å². The third-order valence-corrected chi connectivity index (χ3v) is 4.62. The van der Waals surface area contributed by atoms with Crippen molar-refractivity contribution in [3.8, 4) is 0 Å². The van der Waals surface area contributed by atoms with Crippen LogP contribution in [0.15, 0.2) is 33.6 Å². The molecule has 0 aliphatic carbocycles. The number of ether oxygens (including phenoxy) is 1. The quantitative estimate of drug-likeness (QED) is 0.429. The lowest BCUT2D eigenvalue weighted by Gasteiger charge is -2.12. The third-order valence-electron chi connectivity index (χ3n) is 2.57. The Morgan fingerprint density at radius 2 is 2.00 bits per heavy atom. The number of hydrogen-bond acceptors (Lipinski definition) is 4. The van der Waals surface area contributed by atoms with Crippen LogP contribution in [0, 0.1) is 5.92 Å². The maximum Gasteiger partial charge on any atom is 0.316 e. The molecule has 0 fully saturated rings. The zero-order chi connectivity index (χ0) is 14.3. The van der Waals surface area contributed by atoms with Gasteiger partial charge >= 0.3 is 5.97 Å². The van der Waals surface area contributed by atoms with Gasteiger partial charge in [-0.25, -0.2) is 0 Å². The van der Waals surface area contributed by atoms with Gasteiger partial charge in [-0.15, -0.1) is 11.8 Å². The average molecular weight is 345 g/mol. The number of Topliss-reactive ketones (excluding diaryl/α,β-unsaturated/α-hetero) is 1. The topological polar surface area (TPSA) is 43.4 Å². The summed E-state index contributed by atoms with van der Waals surface area (Å²) in [5, 5.41) is 0. The van der Waals surface area contributed by atoms with Crippen molar-refractivity contribution in [3.05, 3.63) is 28.7 Å². The molecule has 0 aliphatic heterocycles. The molecule has 1 unspecified atom stereocenters. The van der Waals surface area contributed by atoms with E-state index in [-0.39, 0.29) is 11.5 Å². The minimum atomic E-state index is -0.644. The molecule has 0 heterocycles. The molecular weight excluding hydrogens is 328 g/mol. The highest BCUT2D eigenvalue weighted by Crippen LogP contribution is 2.27. The van der Waals surface area contributed by atoms with Crippen molar-refractivity contribution in [2.24, 2.45) is 5.92 Å². The summed E-state index contributed by atoms with van der Waals surface area (Å²) in [5.41, 5.74) is 0. The molecule has 0 bridgehead atoms. The number of esters is 1. The largest absolute Gasteiger partial charge is 0.465 e. The lowest BCUT2D eigenvalue weighted by atomic mass is 10.0. The number of ketones is 1. The van der Waals surface area contributed by atoms with Crippen molar-refractivity contribution in [2.45, 2.75) is 25.2 Å². The van der Waals surface area contributed by atoms with Gasteiger partial charge in [-0.1, -0.05) is 19.1 Å². The molecule has 5 heteroatoms. The summed E-state index contributed by atoms with van der Waals surface area (Å²) in [4.78, 5) is 24.7. The predicted octanol–water partition coefficient (Wildman–Crippen LogP) is 3.70. The Hall–Kier alpha value is -0.810. The molecule has 0 spiro atoms. The summed E-state index contributed by atoms with van der Waals surface area (Å²) >= 11 is 4.86. The summed E-state index contributed by atoms with van der Waals surface area (Å²) < 4.78 is 5.87. The Labute approximate surface area is 126 Å². The molecule has 1 aromatic rings. The fourth-order valence-corrected chi connectivity index (χ4v) is 3.09. The average Bonchev–Trinajstić information content (AvgIpc) is 2.39. The van der Waals surface area contributed by atoms with E-state index in [1.54, 1.807) is 6.92 Å². The first kappa shape index (κ1) is 16.2. The number of hydrogen-bond donors (Lipinski definition) is 0. The number of rotatable bonds is 7. The van der Waals surface area contributed by atoms with Crippen LogP contribution in [0.4, 0.5) is 0 Å². The van der Waals surface area contributed by atoms with Crippen LogP contribution in [0.5, 0.6) is 0 Å². The van der Waals surface area contributed by atoms with Crippen LogP contribution in [-0.2, 0) is 14.3 Å². The first-order valence-electron chi connectivity index (χ1n) is 6.16. The monoisotopic (exact) mass is 344 g/mol. The molecule has 0 amide bonds. The van der Waals surface area contributed by atoms with Crippen molar-refractivity contribution in [3.63, 3.8) is 0 Å². The number of carbonyl (C=O) groups excluding carboxylic acids is 2. The van der Waals surface area contributed by atoms with Crippen LogP contribution < -0.4 is 0 Å². The number of benzene rings is 1. The van der Waals surface area contributed by atoms with Gasteiger partial charge in [-0.2, -0.15) is 0 Å². The van der Waals surface area contributed by atoms with Crippen LogP contribution in [-0.4, -0.2) is 24.1 Å². The highest BCUT2D eigenvalue weighted by atomic mass is 79.9. The molecular formula is C14H17BrO3S. The molecule has 0 N–H and O–H groups in total. The maximum atomic E-state index is 12.0. The van der Waals surface area contributed by atoms with Gasteiger partial charge in [0, 0.05) is 9.37 Å². The summed E-state index contributed by atoms with van der Waals surface area (Å²) in [5.74, 6) is -0.862. The number of carbonyl (C=O) groups is 2. The predicted molar refractivity (Wildman–Crippen MR) is 80.3 cm³/mol. The van der Waals surface area contributed by atoms with Crippen molar-refractivity contribution >= 4 is 39.4 Å². The molecule has 19 heavy (non-hydrogen) atoms. The van der Waals surface area contributed by atoms with Gasteiger partial charge in [-0.3, -0.25) is 9.59 Å². The molecule has 1 rings (SSSR count). The van der Waals surface area contributed by atoms with Crippen molar-refractivity contribution in [1.82, 2.24) is 0 Å². The van der Waals surface area contributed by atoms with Gasteiger partial charge < -0.3 is 4.74 Å². The van der Waals surface area contributed by atoms with Crippen LogP contribution >= 0.6 is 27.7 Å². The lowest BCUT2D eigenvalue weighted by Crippen LogP contribution is -2.27. The summed E-state index contributed by atoms with van der Waals surface area (Å²) in [7, 11) is 0. The third kappa shape index (κ3) is 4.99. The molecule has 0 saturated carbocycles. The molecule has 1 atom stereocenters. The lowest BCUT2D eigenvalue weighted by molar-refractivity contribution is -0.151. The normalized spacial score (nSPS) is 11.9. The fourth-order valence-electron chi connectivity index (χ4n) is 1.58. The van der Waals surface area contributed by atoms with Crippen molar-refractivity contribution < 1.29 is 14.3 Å². The van der Waals surface area contributed by atoms with Gasteiger partial charge in [0.1, 0.15) is 5.92 Å². The molecule has 0 radical (unpaired) electrons. The van der Waals surface area contributed by atoms with Crippen molar-refractivity contribution in [1.29, 1.82) is 0 Å². The molecule has 104 valence electrons. The SMILES string of the molecule is CCOC(=O)C(CC)C(=O)CSc1ccccc1Br. The Bertz CT molecular complexity index is 448. The molecule has 0 aromatic heterocycles. The summed E-state index contributed by atoms with van der Waals surface area (Å²) in [6.07, 6.45) is 0.480. The van der Waals surface area contributed by atoms with E-state index in [4.69, 9.17) is 4.74 Å². The van der Waals surface area contributed by atoms with E-state index in [0.29, 0.717) is 13.0 Å². The molecule has 1 aromatic carbocycles. The van der Waals surface area contributed by atoms with E-state index in [0.717, 1.165) is 9.37 Å². The first-order valence-corrected chi connectivity index (χ1v) is 7.94. The van der Waals surface area contributed by atoms with Crippen molar-refractivity contribution in [2.75, 3.05) is 12.4 Å². The first-order chi connectivity index (χ1) is 9.10. The second-order valence-electron chi connectivity index (χ2n) is 3.90. The van der Waals surface area contributed by atoms with Crippen LogP contribution in [0.3, 0.4) is 0 Å². The van der Waals surface area contributed by atoms with E-state index >= 15 is 0 Å². The standard InChI is InChI=1S/C14H17BrO3S/c1-3-10(14(17)18-4-2)12(16)9-19-13-8-6-5-7-11(13)15/h5-8,10H,3-4,9H2,1-2H3. The molecule has 0 saturated heterocycles. The van der Waals surface area contributed by atoms with E-state index in [1.165, 1.54) is 11.8 Å². The summed E-state index contributed by atoms with van der Waals surface area (Å²) in [6, 6.07) is 7.70. The van der Waals surface area contributed by atoms with E-state index in [1.807, 2.05) is 31.2 Å². The Balaban J connectivity index is 2.59. The second-order valence-corrected chi connectivity index (χ2v) is 5.77. The van der Waals surface area contributed by atoms with E-state index in [2.05, 4.69) is 15.9 Å². The second kappa shape index (κ2) is 8.38. The zero-order valence-corrected chi connectivity index (χ0v) is 13.4. The van der Waals surface area contributed by atoms with Gasteiger partial charge in [-0.05, 0) is 41.4 Å². The minimum Gasteiger partial charge on any atom is -0.465 e. The van der Waals surface area contributed by atoms with Gasteiger partial charge in [0.15, 0.2) is 5.78 Å². The molecule has 3 nitrogen and oxygen atoms in total. The maximum absolute atomic E-state index is 12.0. The van der Waals surface area contributed by atoms with Crippen LogP contribution in [0.1, 0.15) is 20.3 Å². The Morgan fingerprint density at radius 1 is 1.32 bits per heavy atom. The Morgan fingerprint density at radius 3 is 2.58 bits per heavy atom.